The Morgan fingerprint density at radius 2 is 1.21 bits per heavy atom. The van der Waals surface area contributed by atoms with Gasteiger partial charge in [0.2, 0.25) is 26.0 Å². The average Bonchev–Trinajstić information content (AvgIpc) is 3.56. The molecule has 0 bridgehead atoms. The van der Waals surface area contributed by atoms with E-state index in [1.807, 2.05) is 38.1 Å². The summed E-state index contributed by atoms with van der Waals surface area (Å²) in [4.78, 5) is 24.5. The molecule has 270 valence electrons. The number of benzene rings is 4. The van der Waals surface area contributed by atoms with Gasteiger partial charge >= 0.3 is 0 Å². The SMILES string of the molecule is CC(=O)Nc1ccc(S(=O)(=O)N(CC(=O)N/N=C\c2ccc(CN(Cc3ccc(C)cc3)S(=O)(=O)c3ccc(C)cc3)o2)Cc2ccccc2)cc1. The lowest BCUT2D eigenvalue weighted by Gasteiger charge is -2.22. The number of aryl methyl sites for hydroxylation is 2. The quantitative estimate of drug-likeness (QED) is 0.105. The first-order valence-corrected chi connectivity index (χ1v) is 19.1. The number of hydrogen-bond acceptors (Lipinski definition) is 8. The van der Waals surface area contributed by atoms with Crippen LogP contribution in [0.2, 0.25) is 0 Å². The number of carbonyl (C=O) groups excluding carboxylic acids is 2. The van der Waals surface area contributed by atoms with Gasteiger partial charge in [0.15, 0.2) is 0 Å². The van der Waals surface area contributed by atoms with E-state index in [1.54, 1.807) is 66.7 Å². The van der Waals surface area contributed by atoms with Crippen molar-refractivity contribution in [1.29, 1.82) is 0 Å². The molecule has 0 saturated carbocycles. The van der Waals surface area contributed by atoms with E-state index in [1.165, 1.54) is 41.7 Å². The zero-order valence-electron chi connectivity index (χ0n) is 28.9. The first-order valence-electron chi connectivity index (χ1n) is 16.2. The van der Waals surface area contributed by atoms with Crippen molar-refractivity contribution in [1.82, 2.24) is 14.0 Å². The molecule has 4 aromatic carbocycles. The van der Waals surface area contributed by atoms with Gasteiger partial charge in [0.1, 0.15) is 11.5 Å². The summed E-state index contributed by atoms with van der Waals surface area (Å²) in [5.74, 6) is -0.409. The number of nitrogens with zero attached hydrogens (tertiary/aromatic N) is 3. The Kier molecular flexibility index (Phi) is 12.2. The van der Waals surface area contributed by atoms with Crippen molar-refractivity contribution in [2.75, 3.05) is 11.9 Å². The van der Waals surface area contributed by atoms with E-state index in [0.29, 0.717) is 17.0 Å². The van der Waals surface area contributed by atoms with Gasteiger partial charge < -0.3 is 9.73 Å². The Morgan fingerprint density at radius 1 is 0.673 bits per heavy atom. The minimum Gasteiger partial charge on any atom is -0.459 e. The Labute approximate surface area is 303 Å². The molecular formula is C38H39N5O7S2. The Morgan fingerprint density at radius 3 is 1.83 bits per heavy atom. The summed E-state index contributed by atoms with van der Waals surface area (Å²) in [5, 5.41) is 6.55. The van der Waals surface area contributed by atoms with E-state index >= 15 is 0 Å². The highest BCUT2D eigenvalue weighted by Crippen LogP contribution is 2.24. The van der Waals surface area contributed by atoms with Gasteiger partial charge in [-0.15, -0.1) is 0 Å². The van der Waals surface area contributed by atoms with E-state index in [9.17, 15) is 26.4 Å². The zero-order valence-corrected chi connectivity index (χ0v) is 30.5. The molecule has 0 spiro atoms. The molecule has 0 saturated heterocycles. The highest BCUT2D eigenvalue weighted by atomic mass is 32.2. The van der Waals surface area contributed by atoms with Gasteiger partial charge in [-0.3, -0.25) is 9.59 Å². The maximum atomic E-state index is 13.7. The second-order valence-electron chi connectivity index (χ2n) is 12.1. The number of furan rings is 1. The summed E-state index contributed by atoms with van der Waals surface area (Å²) >= 11 is 0. The van der Waals surface area contributed by atoms with Crippen molar-refractivity contribution in [3.8, 4) is 0 Å². The lowest BCUT2D eigenvalue weighted by molar-refractivity contribution is -0.121. The smallest absolute Gasteiger partial charge is 0.255 e. The van der Waals surface area contributed by atoms with Crippen molar-refractivity contribution in [2.45, 2.75) is 50.2 Å². The van der Waals surface area contributed by atoms with Crippen LogP contribution < -0.4 is 10.7 Å². The monoisotopic (exact) mass is 741 g/mol. The molecule has 0 aliphatic heterocycles. The topological polar surface area (TPSA) is 158 Å². The highest BCUT2D eigenvalue weighted by molar-refractivity contribution is 7.89. The summed E-state index contributed by atoms with van der Waals surface area (Å²) in [5.41, 5.74) is 6.25. The number of anilines is 1. The van der Waals surface area contributed by atoms with Crippen LogP contribution in [-0.2, 0) is 49.3 Å². The number of hydrogen-bond donors (Lipinski definition) is 2. The van der Waals surface area contributed by atoms with Crippen LogP contribution in [0.4, 0.5) is 5.69 Å². The molecule has 0 radical (unpaired) electrons. The highest BCUT2D eigenvalue weighted by Gasteiger charge is 2.28. The fourth-order valence-corrected chi connectivity index (χ4v) is 7.92. The molecule has 52 heavy (non-hydrogen) atoms. The molecule has 0 unspecified atom stereocenters. The van der Waals surface area contributed by atoms with Crippen molar-refractivity contribution < 1.29 is 30.8 Å². The molecule has 2 amide bonds. The third-order valence-corrected chi connectivity index (χ3v) is 11.5. The van der Waals surface area contributed by atoms with Crippen molar-refractivity contribution in [3.63, 3.8) is 0 Å². The van der Waals surface area contributed by atoms with Crippen molar-refractivity contribution in [2.24, 2.45) is 5.10 Å². The number of nitrogens with one attached hydrogen (secondary N) is 2. The molecule has 1 aromatic heterocycles. The van der Waals surface area contributed by atoms with Crippen LogP contribution >= 0.6 is 0 Å². The van der Waals surface area contributed by atoms with Crippen molar-refractivity contribution in [3.05, 3.63) is 149 Å². The van der Waals surface area contributed by atoms with Gasteiger partial charge in [0.25, 0.3) is 5.91 Å². The van der Waals surface area contributed by atoms with E-state index in [4.69, 9.17) is 4.42 Å². The van der Waals surface area contributed by atoms with Crippen LogP contribution in [0.25, 0.3) is 0 Å². The number of rotatable bonds is 15. The maximum Gasteiger partial charge on any atom is 0.255 e. The molecule has 5 aromatic rings. The Bertz CT molecular complexity index is 2240. The Hall–Kier alpha value is -5.41. The maximum absolute atomic E-state index is 13.7. The standard InChI is InChI=1S/C38H39N5O7S2/c1-28-9-13-32(14-10-28)25-42(51(46,47)36-19-11-29(2)12-20-36)26-35-18-17-34(50-35)23-39-41-38(45)27-43(24-31-7-5-4-6-8-31)52(48,49)37-21-15-33(16-22-37)40-30(3)44/h4-23H,24-27H2,1-3H3,(H,40,44)(H,41,45)/b39-23-. The summed E-state index contributed by atoms with van der Waals surface area (Å²) in [6.45, 7) is 4.60. The molecule has 2 N–H and O–H groups in total. The molecule has 0 atom stereocenters. The summed E-state index contributed by atoms with van der Waals surface area (Å²) in [6.07, 6.45) is 1.25. The fraction of sp³-hybridized carbons (Fsp3) is 0.184. The molecule has 14 heteroatoms. The zero-order chi connectivity index (χ0) is 37.3. The number of hydrazone groups is 1. The van der Waals surface area contributed by atoms with E-state index in [2.05, 4.69) is 15.8 Å². The minimum atomic E-state index is -4.15. The summed E-state index contributed by atoms with van der Waals surface area (Å²) in [6, 6.07) is 32.0. The molecule has 5 rings (SSSR count). The normalized spacial score (nSPS) is 12.0. The van der Waals surface area contributed by atoms with Crippen LogP contribution in [0.5, 0.6) is 0 Å². The summed E-state index contributed by atoms with van der Waals surface area (Å²) < 4.78 is 63.0. The van der Waals surface area contributed by atoms with Gasteiger partial charge in [-0.25, -0.2) is 22.3 Å². The van der Waals surface area contributed by atoms with Gasteiger partial charge in [0, 0.05) is 25.7 Å². The predicted octanol–water partition coefficient (Wildman–Crippen LogP) is 5.59. The van der Waals surface area contributed by atoms with Gasteiger partial charge in [-0.2, -0.15) is 13.7 Å². The number of sulfonamides is 2. The molecular weight excluding hydrogens is 703 g/mol. The third kappa shape index (κ3) is 10.1. The van der Waals surface area contributed by atoms with E-state index in [-0.39, 0.29) is 41.1 Å². The van der Waals surface area contributed by atoms with Crippen LogP contribution in [0.15, 0.2) is 135 Å². The number of carbonyl (C=O) groups is 2. The first kappa shape index (κ1) is 37.8. The predicted molar refractivity (Wildman–Crippen MR) is 198 cm³/mol. The first-order chi connectivity index (χ1) is 24.8. The van der Waals surface area contributed by atoms with Crippen LogP contribution in [0, 0.1) is 13.8 Å². The second kappa shape index (κ2) is 16.7. The minimum absolute atomic E-state index is 0.0576. The van der Waals surface area contributed by atoms with E-state index in [0.717, 1.165) is 21.0 Å². The molecule has 0 aliphatic carbocycles. The van der Waals surface area contributed by atoms with Gasteiger partial charge in [-0.05, 0) is 73.5 Å². The van der Waals surface area contributed by atoms with Crippen LogP contribution in [0.3, 0.4) is 0 Å². The van der Waals surface area contributed by atoms with Crippen LogP contribution in [-0.4, -0.2) is 50.0 Å². The fourth-order valence-electron chi connectivity index (χ4n) is 5.14. The Balaban J connectivity index is 1.28. The van der Waals surface area contributed by atoms with Gasteiger partial charge in [-0.1, -0.05) is 77.9 Å². The van der Waals surface area contributed by atoms with Gasteiger partial charge in [0.05, 0.1) is 29.1 Å². The van der Waals surface area contributed by atoms with Crippen molar-refractivity contribution >= 4 is 43.8 Å². The number of amides is 2. The molecule has 0 aliphatic rings. The summed E-state index contributed by atoms with van der Waals surface area (Å²) in [7, 11) is -8.05. The van der Waals surface area contributed by atoms with E-state index < -0.39 is 32.5 Å². The molecule has 12 nitrogen and oxygen atoms in total. The molecule has 1 heterocycles. The van der Waals surface area contributed by atoms with Crippen LogP contribution in [0.1, 0.15) is 40.7 Å². The second-order valence-corrected chi connectivity index (χ2v) is 16.0. The lowest BCUT2D eigenvalue weighted by atomic mass is 10.1. The average molecular weight is 742 g/mol. The molecule has 0 fully saturated rings. The largest absolute Gasteiger partial charge is 0.459 e. The third-order valence-electron chi connectivity index (χ3n) is 7.87. The lowest BCUT2D eigenvalue weighted by Crippen LogP contribution is -2.39.